The second-order valence-corrected chi connectivity index (χ2v) is 11.7. The second kappa shape index (κ2) is 13.9. The SMILES string of the molecule is Cc1cccc(-c2ccccc2-c2ccc3ncc(C(=O)NO)n3c2)n1.Cc1cccc(-c2ccccc2-c2ccc3ncc(C(=O)O)n3c2)n1. The molecule has 3 N–H and O–H groups in total. The summed E-state index contributed by atoms with van der Waals surface area (Å²) in [5, 5.41) is 18.2. The Kier molecular flexibility index (Phi) is 8.85. The van der Waals surface area contributed by atoms with Gasteiger partial charge in [0.05, 0.1) is 23.8 Å². The van der Waals surface area contributed by atoms with Crippen LogP contribution in [0.1, 0.15) is 32.4 Å². The Bertz CT molecular complexity index is 2570. The van der Waals surface area contributed by atoms with E-state index in [9.17, 15) is 14.7 Å². The van der Waals surface area contributed by atoms with Crippen molar-refractivity contribution in [3.05, 3.63) is 157 Å². The number of carbonyl (C=O) groups excluding carboxylic acids is 1. The molecule has 2 aromatic carbocycles. The van der Waals surface area contributed by atoms with Crippen molar-refractivity contribution in [2.24, 2.45) is 0 Å². The lowest BCUT2D eigenvalue weighted by Crippen LogP contribution is -2.20. The van der Waals surface area contributed by atoms with Crippen molar-refractivity contribution in [1.82, 2.24) is 34.2 Å². The smallest absolute Gasteiger partial charge is 0.354 e. The number of rotatable bonds is 6. The minimum absolute atomic E-state index is 0.142. The first-order valence-electron chi connectivity index (χ1n) is 16.0. The summed E-state index contributed by atoms with van der Waals surface area (Å²) in [5.74, 6) is -1.61. The first-order chi connectivity index (χ1) is 24.8. The van der Waals surface area contributed by atoms with Gasteiger partial charge < -0.3 is 5.11 Å². The van der Waals surface area contributed by atoms with Crippen LogP contribution in [-0.2, 0) is 0 Å². The number of carboxylic acids is 1. The highest BCUT2D eigenvalue weighted by Gasteiger charge is 2.15. The molecule has 11 nitrogen and oxygen atoms in total. The maximum absolute atomic E-state index is 11.8. The summed E-state index contributed by atoms with van der Waals surface area (Å²) in [6, 6.07) is 35.4. The van der Waals surface area contributed by atoms with Gasteiger partial charge in [0.15, 0.2) is 5.69 Å². The van der Waals surface area contributed by atoms with Crippen molar-refractivity contribution in [3.8, 4) is 44.8 Å². The van der Waals surface area contributed by atoms with Crippen LogP contribution in [0.15, 0.2) is 134 Å². The first kappa shape index (κ1) is 32.6. The van der Waals surface area contributed by atoms with Crippen molar-refractivity contribution in [2.45, 2.75) is 13.8 Å². The number of imidazole rings is 2. The molecule has 0 aliphatic carbocycles. The lowest BCUT2D eigenvalue weighted by Gasteiger charge is -2.11. The third-order valence-corrected chi connectivity index (χ3v) is 8.37. The number of aromatic nitrogens is 6. The topological polar surface area (TPSA) is 147 Å². The Labute approximate surface area is 292 Å². The van der Waals surface area contributed by atoms with Crippen LogP contribution in [0.2, 0.25) is 0 Å². The van der Waals surface area contributed by atoms with Gasteiger partial charge in [0.25, 0.3) is 5.91 Å². The third-order valence-electron chi connectivity index (χ3n) is 8.37. The molecule has 11 heteroatoms. The van der Waals surface area contributed by atoms with Crippen LogP contribution in [0.5, 0.6) is 0 Å². The normalized spacial score (nSPS) is 10.9. The van der Waals surface area contributed by atoms with E-state index in [-0.39, 0.29) is 11.4 Å². The third kappa shape index (κ3) is 6.56. The molecule has 0 unspecified atom stereocenters. The number of hydrogen-bond donors (Lipinski definition) is 3. The first-order valence-corrected chi connectivity index (χ1v) is 16.0. The van der Waals surface area contributed by atoms with E-state index < -0.39 is 11.9 Å². The number of pyridine rings is 4. The summed E-state index contributed by atoms with van der Waals surface area (Å²) >= 11 is 0. The molecule has 1 amide bonds. The number of nitrogens with one attached hydrogen (secondary N) is 1. The number of hydroxylamine groups is 1. The summed E-state index contributed by atoms with van der Waals surface area (Å²) in [4.78, 5) is 40.8. The molecule has 0 aliphatic heterocycles. The number of carbonyl (C=O) groups is 2. The van der Waals surface area contributed by atoms with E-state index in [0.717, 1.165) is 56.2 Å². The van der Waals surface area contributed by atoms with Crippen LogP contribution >= 0.6 is 0 Å². The number of aryl methyl sites for hydroxylation is 2. The molecule has 8 aromatic rings. The molecular formula is C40H31N7O4. The molecule has 0 spiro atoms. The molecule has 0 fully saturated rings. The van der Waals surface area contributed by atoms with E-state index in [1.165, 1.54) is 12.4 Å². The highest BCUT2D eigenvalue weighted by Crippen LogP contribution is 2.33. The van der Waals surface area contributed by atoms with Gasteiger partial charge in [-0.1, -0.05) is 60.7 Å². The zero-order chi connectivity index (χ0) is 35.5. The number of carboxylic acid groups (broad SMARTS) is 1. The Hall–Kier alpha value is -6.98. The molecule has 0 radical (unpaired) electrons. The van der Waals surface area contributed by atoms with Crippen LogP contribution in [-0.4, -0.2) is 50.9 Å². The van der Waals surface area contributed by atoms with E-state index in [2.05, 4.69) is 19.9 Å². The molecule has 6 heterocycles. The van der Waals surface area contributed by atoms with Gasteiger partial charge in [-0.05, 0) is 84.6 Å². The molecule has 0 saturated heterocycles. The average Bonchev–Trinajstić information content (AvgIpc) is 3.79. The van der Waals surface area contributed by atoms with Gasteiger partial charge in [0.2, 0.25) is 0 Å². The Morgan fingerprint density at radius 3 is 1.47 bits per heavy atom. The molecule has 51 heavy (non-hydrogen) atoms. The summed E-state index contributed by atoms with van der Waals surface area (Å²) < 4.78 is 3.25. The Morgan fingerprint density at radius 1 is 0.569 bits per heavy atom. The van der Waals surface area contributed by atoms with Crippen LogP contribution in [0.4, 0.5) is 0 Å². The summed E-state index contributed by atoms with van der Waals surface area (Å²) in [5.41, 5.74) is 12.8. The largest absolute Gasteiger partial charge is 0.477 e. The fraction of sp³-hybridized carbons (Fsp3) is 0.0500. The maximum Gasteiger partial charge on any atom is 0.354 e. The van der Waals surface area contributed by atoms with Gasteiger partial charge in [-0.3, -0.25) is 28.8 Å². The van der Waals surface area contributed by atoms with Crippen LogP contribution in [0.3, 0.4) is 0 Å². The van der Waals surface area contributed by atoms with Crippen molar-refractivity contribution < 1.29 is 19.9 Å². The zero-order valence-corrected chi connectivity index (χ0v) is 27.6. The fourth-order valence-electron chi connectivity index (χ4n) is 5.97. The van der Waals surface area contributed by atoms with Gasteiger partial charge in [-0.2, -0.15) is 0 Å². The van der Waals surface area contributed by atoms with Crippen LogP contribution in [0.25, 0.3) is 56.1 Å². The average molecular weight is 674 g/mol. The van der Waals surface area contributed by atoms with Crippen molar-refractivity contribution in [2.75, 3.05) is 0 Å². The molecule has 8 rings (SSSR count). The number of nitrogens with zero attached hydrogens (tertiary/aromatic N) is 6. The van der Waals surface area contributed by atoms with E-state index in [0.29, 0.717) is 11.3 Å². The minimum Gasteiger partial charge on any atom is -0.477 e. The van der Waals surface area contributed by atoms with E-state index in [1.807, 2.05) is 129 Å². The number of amides is 1. The number of benzene rings is 2. The van der Waals surface area contributed by atoms with Gasteiger partial charge in [0, 0.05) is 34.9 Å². The predicted molar refractivity (Wildman–Crippen MR) is 193 cm³/mol. The highest BCUT2D eigenvalue weighted by molar-refractivity contribution is 5.93. The number of fused-ring (bicyclic) bond motifs is 2. The molecule has 6 aromatic heterocycles. The Balaban J connectivity index is 0.000000159. The van der Waals surface area contributed by atoms with Crippen LogP contribution < -0.4 is 5.48 Å². The van der Waals surface area contributed by atoms with Gasteiger partial charge in [0.1, 0.15) is 17.0 Å². The Morgan fingerprint density at radius 2 is 1.02 bits per heavy atom. The van der Waals surface area contributed by atoms with Gasteiger partial charge in [-0.25, -0.2) is 20.2 Å². The molecule has 0 atom stereocenters. The lowest BCUT2D eigenvalue weighted by molar-refractivity contribution is 0.0686. The van der Waals surface area contributed by atoms with Crippen molar-refractivity contribution in [3.63, 3.8) is 0 Å². The number of aromatic carboxylic acids is 1. The molecular weight excluding hydrogens is 642 g/mol. The number of hydrogen-bond acceptors (Lipinski definition) is 7. The van der Waals surface area contributed by atoms with Crippen LogP contribution in [0, 0.1) is 13.8 Å². The van der Waals surface area contributed by atoms with Gasteiger partial charge >= 0.3 is 5.97 Å². The van der Waals surface area contributed by atoms with Gasteiger partial charge in [-0.15, -0.1) is 0 Å². The predicted octanol–water partition coefficient (Wildman–Crippen LogP) is 7.56. The van der Waals surface area contributed by atoms with Crippen molar-refractivity contribution in [1.29, 1.82) is 0 Å². The second-order valence-electron chi connectivity index (χ2n) is 11.7. The monoisotopic (exact) mass is 673 g/mol. The lowest BCUT2D eigenvalue weighted by atomic mass is 9.98. The highest BCUT2D eigenvalue weighted by atomic mass is 16.5. The molecule has 250 valence electrons. The summed E-state index contributed by atoms with van der Waals surface area (Å²) in [7, 11) is 0. The molecule has 0 bridgehead atoms. The van der Waals surface area contributed by atoms with E-state index in [1.54, 1.807) is 20.5 Å². The minimum atomic E-state index is -1.00. The zero-order valence-electron chi connectivity index (χ0n) is 27.6. The van der Waals surface area contributed by atoms with E-state index >= 15 is 0 Å². The maximum atomic E-state index is 11.8. The summed E-state index contributed by atoms with van der Waals surface area (Å²) in [6.45, 7) is 3.92. The molecule has 0 aliphatic rings. The summed E-state index contributed by atoms with van der Waals surface area (Å²) in [6.07, 6.45) is 6.44. The standard InChI is InChI=1S/C20H16N4O2.C20H15N3O2/c1-13-5-4-8-17(22-13)16-7-3-2-6-15(16)14-9-10-19-21-11-18(20(25)23-26)24(19)12-14;1-13-5-4-8-17(22-13)16-7-3-2-6-15(16)14-9-10-19-21-11-18(20(24)25)23(19)12-14/h2-12,26H,1H3,(H,23,25);2-12H,1H3,(H,24,25). The van der Waals surface area contributed by atoms with Crippen molar-refractivity contribution >= 4 is 23.2 Å². The molecule has 0 saturated carbocycles. The van der Waals surface area contributed by atoms with E-state index in [4.69, 9.17) is 5.21 Å². The fourth-order valence-corrected chi connectivity index (χ4v) is 5.97. The quantitative estimate of drug-likeness (QED) is 0.121.